The molecule has 0 rings (SSSR count). The van der Waals surface area contributed by atoms with Crippen LogP contribution in [0.15, 0.2) is 0 Å². The summed E-state index contributed by atoms with van der Waals surface area (Å²) in [6.45, 7) is 3.94. The van der Waals surface area contributed by atoms with Gasteiger partial charge in [0.05, 0.1) is 0 Å². The summed E-state index contributed by atoms with van der Waals surface area (Å²) in [6.07, 6.45) is 4.24. The Balaban J connectivity index is -0.000000180. The summed E-state index contributed by atoms with van der Waals surface area (Å²) >= 11 is 0. The minimum absolute atomic E-state index is 0. The molecule has 0 saturated heterocycles. The van der Waals surface area contributed by atoms with Crippen molar-refractivity contribution in [2.24, 2.45) is 0 Å². The van der Waals surface area contributed by atoms with Gasteiger partial charge in [0.1, 0.15) is 12.3 Å². The van der Waals surface area contributed by atoms with E-state index in [-0.39, 0.29) is 17.1 Å². The first kappa shape index (κ1) is 21.0. The number of hydrogen-bond acceptors (Lipinski definition) is 4. The van der Waals surface area contributed by atoms with Gasteiger partial charge in [-0.15, -0.1) is 0 Å². The van der Waals surface area contributed by atoms with Gasteiger partial charge in [0.25, 0.3) is 0 Å². The first-order valence-corrected chi connectivity index (χ1v) is 7.50. The Labute approximate surface area is 104 Å². The van der Waals surface area contributed by atoms with Gasteiger partial charge in [-0.05, 0) is 12.8 Å². The van der Waals surface area contributed by atoms with Crippen LogP contribution in [0.3, 0.4) is 0 Å². The molecule has 0 aliphatic heterocycles. The monoisotopic (exact) mass is 296 g/mol. The molecule has 0 aliphatic rings. The quantitative estimate of drug-likeness (QED) is 0.552. The molecule has 0 N–H and O–H groups in total. The molecule has 15 heavy (non-hydrogen) atoms. The fourth-order valence-corrected chi connectivity index (χ4v) is 1.72. The third-order valence-electron chi connectivity index (χ3n) is 1.39. The summed E-state index contributed by atoms with van der Waals surface area (Å²) in [5, 5.41) is 0. The summed E-state index contributed by atoms with van der Waals surface area (Å²) < 4.78 is 19.6. The molecule has 0 heterocycles. The molecule has 2 atom stereocenters. The minimum atomic E-state index is -2.11. The minimum Gasteiger partial charge on any atom is -0.596 e. The van der Waals surface area contributed by atoms with Crippen molar-refractivity contribution in [2.45, 2.75) is 39.5 Å². The zero-order valence-corrected chi connectivity index (χ0v) is 12.0. The van der Waals surface area contributed by atoms with E-state index in [0.717, 1.165) is 25.7 Å². The van der Waals surface area contributed by atoms with Crippen molar-refractivity contribution in [3.05, 3.63) is 0 Å². The van der Waals surface area contributed by atoms with E-state index >= 15 is 0 Å². The van der Waals surface area contributed by atoms with Crippen LogP contribution in [0.1, 0.15) is 39.5 Å². The second-order valence-electron chi connectivity index (χ2n) is 2.82. The predicted molar refractivity (Wildman–Crippen MR) is 54.8 cm³/mol. The largest absolute Gasteiger partial charge is 2.00 e. The van der Waals surface area contributed by atoms with E-state index < -0.39 is 16.1 Å². The molecule has 0 amide bonds. The van der Waals surface area contributed by atoms with E-state index in [2.05, 4.69) is 0 Å². The van der Waals surface area contributed by atoms with Crippen LogP contribution in [0.2, 0.25) is 0 Å². The van der Waals surface area contributed by atoms with Gasteiger partial charge in [-0.1, -0.05) is 35.8 Å². The Kier molecular flexibility index (Phi) is 23.8. The molecular formula is C8H18FeO4P2+2. The summed E-state index contributed by atoms with van der Waals surface area (Å²) in [6, 6.07) is 0. The van der Waals surface area contributed by atoms with Crippen LogP contribution in [0.4, 0.5) is 0 Å². The third kappa shape index (κ3) is 31.3. The number of unbranched alkanes of at least 4 members (excludes halogenated alkanes) is 2. The van der Waals surface area contributed by atoms with Gasteiger partial charge in [0.15, 0.2) is 0 Å². The van der Waals surface area contributed by atoms with Crippen molar-refractivity contribution in [1.29, 1.82) is 0 Å². The Morgan fingerprint density at radius 2 is 1.13 bits per heavy atom. The molecule has 0 aliphatic carbocycles. The Morgan fingerprint density at radius 3 is 1.20 bits per heavy atom. The van der Waals surface area contributed by atoms with Gasteiger partial charge < -0.3 is 9.79 Å². The predicted octanol–water partition coefficient (Wildman–Crippen LogP) is 1.78. The zero-order valence-electron chi connectivity index (χ0n) is 9.12. The van der Waals surface area contributed by atoms with Crippen molar-refractivity contribution in [3.8, 4) is 0 Å². The van der Waals surface area contributed by atoms with Gasteiger partial charge in [-0.2, -0.15) is 0 Å². The van der Waals surface area contributed by atoms with E-state index in [0.29, 0.717) is 12.3 Å². The molecular weight excluding hydrogens is 278 g/mol. The smallest absolute Gasteiger partial charge is 0.596 e. The molecule has 0 spiro atoms. The fourth-order valence-electron chi connectivity index (χ4n) is 0.574. The molecule has 0 fully saturated rings. The van der Waals surface area contributed by atoms with Crippen LogP contribution in [0.5, 0.6) is 0 Å². The molecule has 0 aromatic heterocycles. The summed E-state index contributed by atoms with van der Waals surface area (Å²) in [4.78, 5) is 19.6. The summed E-state index contributed by atoms with van der Waals surface area (Å²) in [5.41, 5.74) is 0. The summed E-state index contributed by atoms with van der Waals surface area (Å²) in [5.74, 6) is 0. The maximum absolute atomic E-state index is 9.80. The third-order valence-corrected chi connectivity index (χ3v) is 2.75. The topological polar surface area (TPSA) is 80.3 Å². The van der Waals surface area contributed by atoms with Crippen molar-refractivity contribution >= 4 is 16.1 Å². The maximum atomic E-state index is 9.80. The van der Waals surface area contributed by atoms with Crippen molar-refractivity contribution < 1.29 is 36.0 Å². The van der Waals surface area contributed by atoms with Gasteiger partial charge in [0.2, 0.25) is 0 Å². The molecule has 2 unspecified atom stereocenters. The van der Waals surface area contributed by atoms with Crippen LogP contribution in [0.25, 0.3) is 0 Å². The first-order chi connectivity index (χ1) is 6.54. The van der Waals surface area contributed by atoms with Crippen LogP contribution in [-0.4, -0.2) is 12.3 Å². The SMILES string of the molecule is CCCC[P+](=O)[O-].CCCC[P+](=O)[O-].[Fe+2]. The molecule has 4 nitrogen and oxygen atoms in total. The molecule has 0 aromatic rings. The standard InChI is InChI=1S/2C4H9O2P.Fe/c2*1-2-3-4-7(5)6;/h2*2-4H2,1H3;/q;;+2. The Morgan fingerprint density at radius 1 is 0.867 bits per heavy atom. The normalized spacial score (nSPS) is 10.7. The fraction of sp³-hybridized carbons (Fsp3) is 1.00. The van der Waals surface area contributed by atoms with E-state index in [9.17, 15) is 18.9 Å². The number of hydrogen-bond donors (Lipinski definition) is 0. The van der Waals surface area contributed by atoms with Crippen LogP contribution in [0, 0.1) is 0 Å². The molecule has 0 bridgehead atoms. The first-order valence-electron chi connectivity index (χ1n) is 4.78. The van der Waals surface area contributed by atoms with E-state index in [1.807, 2.05) is 13.8 Å². The molecule has 7 heteroatoms. The van der Waals surface area contributed by atoms with Gasteiger partial charge in [-0.3, -0.25) is 0 Å². The molecule has 0 radical (unpaired) electrons. The van der Waals surface area contributed by atoms with E-state index in [4.69, 9.17) is 0 Å². The second-order valence-corrected chi connectivity index (χ2v) is 5.05. The Hall–Kier alpha value is 0.639. The van der Waals surface area contributed by atoms with E-state index in [1.54, 1.807) is 0 Å². The molecule has 0 aromatic carbocycles. The Bertz CT molecular complexity index is 149. The van der Waals surface area contributed by atoms with Gasteiger partial charge in [-0.25, -0.2) is 0 Å². The maximum Gasteiger partial charge on any atom is 2.00 e. The average molecular weight is 296 g/mol. The van der Waals surface area contributed by atoms with Crippen molar-refractivity contribution in [2.75, 3.05) is 12.3 Å². The molecule has 0 saturated carbocycles. The van der Waals surface area contributed by atoms with E-state index in [1.165, 1.54) is 0 Å². The van der Waals surface area contributed by atoms with Crippen molar-refractivity contribution in [3.63, 3.8) is 0 Å². The van der Waals surface area contributed by atoms with Crippen LogP contribution < -0.4 is 9.79 Å². The average Bonchev–Trinajstić information content (AvgIpc) is 2.12. The van der Waals surface area contributed by atoms with Crippen LogP contribution >= 0.6 is 16.1 Å². The van der Waals surface area contributed by atoms with Crippen LogP contribution in [-0.2, 0) is 26.2 Å². The van der Waals surface area contributed by atoms with Crippen molar-refractivity contribution in [1.82, 2.24) is 0 Å². The van der Waals surface area contributed by atoms with Gasteiger partial charge in [0, 0.05) is 0 Å². The van der Waals surface area contributed by atoms with Gasteiger partial charge >= 0.3 is 33.1 Å². The number of rotatable bonds is 6. The zero-order chi connectivity index (χ0) is 11.4. The summed E-state index contributed by atoms with van der Waals surface area (Å²) in [7, 11) is -4.21. The second kappa shape index (κ2) is 17.0. The molecule has 90 valence electrons.